The van der Waals surface area contributed by atoms with E-state index in [-0.39, 0.29) is 16.1 Å². The third-order valence-electron chi connectivity index (χ3n) is 4.54. The minimum Gasteiger partial charge on any atom is -0.465 e. The van der Waals surface area contributed by atoms with Gasteiger partial charge in [0.05, 0.1) is 28.8 Å². The van der Waals surface area contributed by atoms with Crippen LogP contribution in [-0.2, 0) is 27.4 Å². The Balaban J connectivity index is 2.14. The molecule has 0 aliphatic heterocycles. The molecule has 0 radical (unpaired) electrons. The van der Waals surface area contributed by atoms with Gasteiger partial charge in [0.2, 0.25) is 0 Å². The third kappa shape index (κ3) is 4.91. The van der Waals surface area contributed by atoms with Crippen LogP contribution in [0, 0.1) is 0 Å². The highest BCUT2D eigenvalue weighted by molar-refractivity contribution is 7.92. The minimum absolute atomic E-state index is 0.0163. The second-order valence-electron chi connectivity index (χ2n) is 6.51. The van der Waals surface area contributed by atoms with Crippen molar-refractivity contribution in [1.29, 1.82) is 0 Å². The Bertz CT molecular complexity index is 1200. The van der Waals surface area contributed by atoms with E-state index in [0.29, 0.717) is 22.4 Å². The molecular formula is C21H18F3NO4S2. The van der Waals surface area contributed by atoms with E-state index in [1.807, 2.05) is 0 Å². The lowest BCUT2D eigenvalue weighted by Gasteiger charge is -2.17. The van der Waals surface area contributed by atoms with Gasteiger partial charge in [-0.15, -0.1) is 11.3 Å². The lowest BCUT2D eigenvalue weighted by Crippen LogP contribution is -2.17. The van der Waals surface area contributed by atoms with Crippen molar-refractivity contribution in [2.75, 3.05) is 11.8 Å². The van der Waals surface area contributed by atoms with Crippen LogP contribution in [0.15, 0.2) is 58.8 Å². The topological polar surface area (TPSA) is 72.5 Å². The number of alkyl halides is 3. The summed E-state index contributed by atoms with van der Waals surface area (Å²) < 4.78 is 73.1. The second kappa shape index (κ2) is 8.72. The standard InChI is InChI=1S/C21H18F3NO4S2/c1-3-13-6-7-14(20(26)29-2)11-19(13)31(27,28)25-17-12-15(21(22,23)24)8-9-16(17)18-5-4-10-30-18/h4-12,25H,3H2,1-2H3. The summed E-state index contributed by atoms with van der Waals surface area (Å²) in [5.41, 5.74) is -0.450. The maximum atomic E-state index is 13.3. The molecule has 0 fully saturated rings. The van der Waals surface area contributed by atoms with Gasteiger partial charge < -0.3 is 4.74 Å². The second-order valence-corrected chi connectivity index (χ2v) is 9.11. The number of nitrogens with one attached hydrogen (secondary N) is 1. The summed E-state index contributed by atoms with van der Waals surface area (Å²) in [6.07, 6.45) is -4.31. The van der Waals surface area contributed by atoms with E-state index in [1.165, 1.54) is 36.6 Å². The van der Waals surface area contributed by atoms with E-state index in [0.717, 1.165) is 18.2 Å². The maximum Gasteiger partial charge on any atom is 0.416 e. The van der Waals surface area contributed by atoms with Gasteiger partial charge in [-0.25, -0.2) is 13.2 Å². The van der Waals surface area contributed by atoms with Gasteiger partial charge >= 0.3 is 12.1 Å². The van der Waals surface area contributed by atoms with Crippen LogP contribution < -0.4 is 4.72 Å². The molecule has 0 saturated heterocycles. The SMILES string of the molecule is CCc1ccc(C(=O)OC)cc1S(=O)(=O)Nc1cc(C(F)(F)F)ccc1-c1cccs1. The van der Waals surface area contributed by atoms with Crippen molar-refractivity contribution in [2.24, 2.45) is 0 Å². The normalized spacial score (nSPS) is 11.9. The fourth-order valence-corrected chi connectivity index (χ4v) is 5.17. The summed E-state index contributed by atoms with van der Waals surface area (Å²) in [7, 11) is -3.15. The zero-order valence-corrected chi connectivity index (χ0v) is 18.1. The molecule has 3 rings (SSSR count). The van der Waals surface area contributed by atoms with E-state index in [1.54, 1.807) is 24.4 Å². The lowest BCUT2D eigenvalue weighted by atomic mass is 10.1. The maximum absolute atomic E-state index is 13.3. The number of aryl methyl sites for hydroxylation is 1. The largest absolute Gasteiger partial charge is 0.465 e. The molecule has 3 aromatic rings. The molecule has 0 saturated carbocycles. The molecule has 0 bridgehead atoms. The number of carbonyl (C=O) groups excluding carboxylic acids is 1. The Labute approximate surface area is 181 Å². The number of rotatable bonds is 6. The number of methoxy groups -OCH3 is 1. The van der Waals surface area contributed by atoms with Crippen molar-refractivity contribution in [3.8, 4) is 10.4 Å². The zero-order chi connectivity index (χ0) is 22.8. The van der Waals surface area contributed by atoms with Gasteiger partial charge in [-0.1, -0.05) is 25.1 Å². The van der Waals surface area contributed by atoms with Crippen molar-refractivity contribution < 1.29 is 31.1 Å². The molecule has 5 nitrogen and oxygen atoms in total. The summed E-state index contributed by atoms with van der Waals surface area (Å²) in [4.78, 5) is 12.3. The molecule has 10 heteroatoms. The van der Waals surface area contributed by atoms with Gasteiger partial charge in [0.1, 0.15) is 0 Å². The average Bonchev–Trinajstić information content (AvgIpc) is 3.26. The first-order valence-electron chi connectivity index (χ1n) is 9.06. The molecule has 0 aliphatic carbocycles. The quantitative estimate of drug-likeness (QED) is 0.478. The molecule has 31 heavy (non-hydrogen) atoms. The molecule has 1 aromatic heterocycles. The van der Waals surface area contributed by atoms with Gasteiger partial charge in [0.25, 0.3) is 10.0 Å². The Morgan fingerprint density at radius 2 is 1.87 bits per heavy atom. The zero-order valence-electron chi connectivity index (χ0n) is 16.5. The van der Waals surface area contributed by atoms with Crippen LogP contribution in [0.1, 0.15) is 28.4 Å². The van der Waals surface area contributed by atoms with Gasteiger partial charge in [0, 0.05) is 10.4 Å². The fourth-order valence-electron chi connectivity index (χ4n) is 2.99. The molecule has 0 unspecified atom stereocenters. The van der Waals surface area contributed by atoms with Crippen LogP contribution in [0.3, 0.4) is 0 Å². The van der Waals surface area contributed by atoms with Gasteiger partial charge in [-0.3, -0.25) is 4.72 Å². The minimum atomic E-state index is -4.65. The molecule has 0 aliphatic rings. The number of hydrogen-bond donors (Lipinski definition) is 1. The van der Waals surface area contributed by atoms with Crippen LogP contribution in [0.25, 0.3) is 10.4 Å². The average molecular weight is 470 g/mol. The molecule has 1 heterocycles. The number of halogens is 3. The number of sulfonamides is 1. The van der Waals surface area contributed by atoms with E-state index < -0.39 is 27.7 Å². The summed E-state index contributed by atoms with van der Waals surface area (Å²) in [6.45, 7) is 1.73. The molecule has 164 valence electrons. The Kier molecular flexibility index (Phi) is 6.42. The highest BCUT2D eigenvalue weighted by atomic mass is 32.2. The van der Waals surface area contributed by atoms with Crippen molar-refractivity contribution in [3.63, 3.8) is 0 Å². The molecule has 2 aromatic carbocycles. The molecule has 0 spiro atoms. The smallest absolute Gasteiger partial charge is 0.416 e. The van der Waals surface area contributed by atoms with Crippen LogP contribution in [0.4, 0.5) is 18.9 Å². The van der Waals surface area contributed by atoms with E-state index in [4.69, 9.17) is 0 Å². The van der Waals surface area contributed by atoms with Crippen molar-refractivity contribution in [2.45, 2.75) is 24.4 Å². The van der Waals surface area contributed by atoms with E-state index >= 15 is 0 Å². The number of carbonyl (C=O) groups is 1. The predicted octanol–water partition coefficient (Wildman–Crippen LogP) is 5.58. The van der Waals surface area contributed by atoms with Crippen molar-refractivity contribution in [1.82, 2.24) is 0 Å². The summed E-state index contributed by atoms with van der Waals surface area (Å²) >= 11 is 1.27. The Morgan fingerprint density at radius 1 is 1.13 bits per heavy atom. The highest BCUT2D eigenvalue weighted by Crippen LogP contribution is 2.38. The lowest BCUT2D eigenvalue weighted by molar-refractivity contribution is -0.137. The van der Waals surface area contributed by atoms with Gasteiger partial charge in [-0.2, -0.15) is 13.2 Å². The van der Waals surface area contributed by atoms with Gasteiger partial charge in [0.15, 0.2) is 0 Å². The summed E-state index contributed by atoms with van der Waals surface area (Å²) in [6, 6.07) is 10.4. The Morgan fingerprint density at radius 3 is 2.45 bits per heavy atom. The number of benzene rings is 2. The van der Waals surface area contributed by atoms with E-state index in [2.05, 4.69) is 9.46 Å². The highest BCUT2D eigenvalue weighted by Gasteiger charge is 2.32. The van der Waals surface area contributed by atoms with E-state index in [9.17, 15) is 26.4 Å². The van der Waals surface area contributed by atoms with Crippen LogP contribution in [-0.4, -0.2) is 21.5 Å². The molecule has 0 amide bonds. The van der Waals surface area contributed by atoms with Crippen LogP contribution in [0.5, 0.6) is 0 Å². The first-order valence-corrected chi connectivity index (χ1v) is 11.4. The monoisotopic (exact) mass is 469 g/mol. The first-order chi connectivity index (χ1) is 14.6. The number of esters is 1. The first kappa shape index (κ1) is 22.8. The number of hydrogen-bond acceptors (Lipinski definition) is 5. The number of anilines is 1. The van der Waals surface area contributed by atoms with Crippen molar-refractivity contribution in [3.05, 3.63) is 70.6 Å². The number of ether oxygens (including phenoxy) is 1. The van der Waals surface area contributed by atoms with Crippen molar-refractivity contribution >= 4 is 33.0 Å². The third-order valence-corrected chi connectivity index (χ3v) is 6.89. The van der Waals surface area contributed by atoms with Crippen LogP contribution >= 0.6 is 11.3 Å². The Hall–Kier alpha value is -2.85. The molecule has 1 N–H and O–H groups in total. The fraction of sp³-hybridized carbons (Fsp3) is 0.190. The van der Waals surface area contributed by atoms with Crippen LogP contribution in [0.2, 0.25) is 0 Å². The predicted molar refractivity (Wildman–Crippen MR) is 113 cm³/mol. The summed E-state index contributed by atoms with van der Waals surface area (Å²) in [5, 5.41) is 1.74. The van der Waals surface area contributed by atoms with Gasteiger partial charge in [-0.05, 0) is 47.7 Å². The molecule has 0 atom stereocenters. The number of thiophene rings is 1. The summed E-state index contributed by atoms with van der Waals surface area (Å²) in [5.74, 6) is -0.725. The molecular weight excluding hydrogens is 451 g/mol.